The maximum Gasteiger partial charge on any atom is 0.317 e. The first kappa shape index (κ1) is 23.9. The molecule has 3 atom stereocenters. The van der Waals surface area contributed by atoms with Crippen molar-refractivity contribution in [3.8, 4) is 0 Å². The fourth-order valence-electron chi connectivity index (χ4n) is 4.35. The van der Waals surface area contributed by atoms with Crippen LogP contribution in [0.3, 0.4) is 0 Å². The molecule has 174 valence electrons. The van der Waals surface area contributed by atoms with Crippen molar-refractivity contribution in [2.45, 2.75) is 51.3 Å². The summed E-state index contributed by atoms with van der Waals surface area (Å²) in [4.78, 5) is 16.6. The molecule has 0 spiro atoms. The number of halogens is 1. The van der Waals surface area contributed by atoms with E-state index in [1.807, 2.05) is 13.1 Å². The molecule has 0 radical (unpaired) electrons. The molecule has 0 aromatic heterocycles. The molecule has 7 nitrogen and oxygen atoms in total. The van der Waals surface area contributed by atoms with Crippen LogP contribution in [-0.2, 0) is 4.74 Å². The molecule has 0 aliphatic carbocycles. The van der Waals surface area contributed by atoms with Crippen molar-refractivity contribution in [1.82, 2.24) is 26.0 Å². The highest BCUT2D eigenvalue weighted by Crippen LogP contribution is 2.24. The molecule has 2 aliphatic heterocycles. The zero-order valence-electron chi connectivity index (χ0n) is 19.1. The van der Waals surface area contributed by atoms with Gasteiger partial charge in [-0.25, -0.2) is 9.18 Å². The van der Waals surface area contributed by atoms with Crippen molar-refractivity contribution in [3.63, 3.8) is 0 Å². The van der Waals surface area contributed by atoms with Crippen molar-refractivity contribution in [3.05, 3.63) is 35.6 Å². The maximum absolute atomic E-state index is 13.4. The Morgan fingerprint density at radius 2 is 2.23 bits per heavy atom. The van der Waals surface area contributed by atoms with Crippen LogP contribution in [0.5, 0.6) is 0 Å². The number of nitrogens with zero attached hydrogens (tertiary/aromatic N) is 2. The molecule has 31 heavy (non-hydrogen) atoms. The lowest BCUT2D eigenvalue weighted by atomic mass is 9.99. The first-order valence-corrected chi connectivity index (χ1v) is 11.5. The van der Waals surface area contributed by atoms with Gasteiger partial charge in [-0.05, 0) is 42.9 Å². The van der Waals surface area contributed by atoms with Crippen molar-refractivity contribution in [2.75, 3.05) is 46.4 Å². The standard InChI is InChI=1S/C23H38FN5O2/c1-17(2)15-29-10-11-31-21(16-29)14-25-23(30)28(3)9-5-8-20-13-22(27-26-20)18-6-4-7-19(24)12-18/h4,6-7,12,17,20-22,26-27H,5,8-11,13-16H2,1-3H3,(H,25,30). The molecular weight excluding hydrogens is 397 g/mol. The molecule has 1 aromatic carbocycles. The molecule has 2 saturated heterocycles. The van der Waals surface area contributed by atoms with Gasteiger partial charge < -0.3 is 15.0 Å². The molecule has 8 heteroatoms. The minimum atomic E-state index is -0.207. The molecule has 0 bridgehead atoms. The summed E-state index contributed by atoms with van der Waals surface area (Å²) >= 11 is 0. The van der Waals surface area contributed by atoms with Crippen LogP contribution in [0.1, 0.15) is 44.7 Å². The fraction of sp³-hybridized carbons (Fsp3) is 0.696. The van der Waals surface area contributed by atoms with Crippen molar-refractivity contribution in [1.29, 1.82) is 0 Å². The third-order valence-corrected chi connectivity index (χ3v) is 5.95. The predicted octanol–water partition coefficient (Wildman–Crippen LogP) is 2.51. The van der Waals surface area contributed by atoms with Crippen LogP contribution < -0.4 is 16.2 Å². The second-order valence-electron chi connectivity index (χ2n) is 9.22. The Balaban J connectivity index is 1.31. The number of amides is 2. The van der Waals surface area contributed by atoms with Gasteiger partial charge in [-0.3, -0.25) is 15.8 Å². The fourth-order valence-corrected chi connectivity index (χ4v) is 4.35. The molecule has 2 heterocycles. The lowest BCUT2D eigenvalue weighted by Crippen LogP contribution is -2.50. The Morgan fingerprint density at radius 1 is 1.39 bits per heavy atom. The number of hydrogen-bond acceptors (Lipinski definition) is 5. The summed E-state index contributed by atoms with van der Waals surface area (Å²) in [5, 5.41) is 3.01. The van der Waals surface area contributed by atoms with Crippen LogP contribution in [0.25, 0.3) is 0 Å². The largest absolute Gasteiger partial charge is 0.374 e. The lowest BCUT2D eigenvalue weighted by molar-refractivity contribution is -0.0293. The highest BCUT2D eigenvalue weighted by Gasteiger charge is 2.25. The average molecular weight is 436 g/mol. The third-order valence-electron chi connectivity index (χ3n) is 5.95. The number of morpholine rings is 1. The first-order valence-electron chi connectivity index (χ1n) is 11.5. The number of carbonyl (C=O) groups excluding carboxylic acids is 1. The molecule has 3 rings (SSSR count). The zero-order valence-corrected chi connectivity index (χ0v) is 19.1. The lowest BCUT2D eigenvalue weighted by Gasteiger charge is -2.34. The van der Waals surface area contributed by atoms with E-state index in [-0.39, 0.29) is 24.0 Å². The Labute approximate surface area is 185 Å². The topological polar surface area (TPSA) is 68.9 Å². The van der Waals surface area contributed by atoms with E-state index in [1.165, 1.54) is 6.07 Å². The summed E-state index contributed by atoms with van der Waals surface area (Å²) in [5.74, 6) is 0.426. The van der Waals surface area contributed by atoms with E-state index < -0.39 is 0 Å². The molecular formula is C23H38FN5O2. The number of urea groups is 1. The van der Waals surface area contributed by atoms with E-state index in [1.54, 1.807) is 17.0 Å². The van der Waals surface area contributed by atoms with Gasteiger partial charge in [0.15, 0.2) is 0 Å². The molecule has 2 aliphatic rings. The number of nitrogens with one attached hydrogen (secondary N) is 3. The summed E-state index contributed by atoms with van der Waals surface area (Å²) in [5.41, 5.74) is 7.52. The number of carbonyl (C=O) groups is 1. The van der Waals surface area contributed by atoms with Crippen LogP contribution in [-0.4, -0.2) is 74.4 Å². The van der Waals surface area contributed by atoms with E-state index in [9.17, 15) is 9.18 Å². The highest BCUT2D eigenvalue weighted by molar-refractivity contribution is 5.73. The van der Waals surface area contributed by atoms with Gasteiger partial charge in [0.2, 0.25) is 0 Å². The van der Waals surface area contributed by atoms with Crippen LogP contribution in [0, 0.1) is 11.7 Å². The SMILES string of the molecule is CC(C)CN1CCOC(CNC(=O)N(C)CCCC2CC(c3cccc(F)c3)NN2)C1. The predicted molar refractivity (Wildman–Crippen MR) is 120 cm³/mol. The Morgan fingerprint density at radius 3 is 3.00 bits per heavy atom. The third kappa shape index (κ3) is 7.71. The van der Waals surface area contributed by atoms with Gasteiger partial charge in [-0.2, -0.15) is 0 Å². The van der Waals surface area contributed by atoms with E-state index in [0.29, 0.717) is 25.0 Å². The highest BCUT2D eigenvalue weighted by atomic mass is 19.1. The number of rotatable bonds is 9. The Kier molecular flexibility index (Phi) is 9.07. The van der Waals surface area contributed by atoms with Crippen molar-refractivity contribution >= 4 is 6.03 Å². The molecule has 1 aromatic rings. The summed E-state index contributed by atoms with van der Waals surface area (Å²) in [6.45, 7) is 9.31. The van der Waals surface area contributed by atoms with Gasteiger partial charge in [0, 0.05) is 51.9 Å². The van der Waals surface area contributed by atoms with Crippen molar-refractivity contribution in [2.24, 2.45) is 5.92 Å². The van der Waals surface area contributed by atoms with E-state index in [2.05, 4.69) is 34.9 Å². The van der Waals surface area contributed by atoms with Crippen molar-refractivity contribution < 1.29 is 13.9 Å². The second kappa shape index (κ2) is 11.8. The average Bonchev–Trinajstić information content (AvgIpc) is 3.21. The van der Waals surface area contributed by atoms with Crippen LogP contribution in [0.2, 0.25) is 0 Å². The van der Waals surface area contributed by atoms with Crippen LogP contribution >= 0.6 is 0 Å². The summed E-state index contributed by atoms with van der Waals surface area (Å²) in [6.07, 6.45) is 2.82. The monoisotopic (exact) mass is 435 g/mol. The van der Waals surface area contributed by atoms with Crippen LogP contribution in [0.15, 0.2) is 24.3 Å². The molecule has 3 unspecified atom stereocenters. The van der Waals surface area contributed by atoms with Gasteiger partial charge in [-0.1, -0.05) is 26.0 Å². The molecule has 0 saturated carbocycles. The maximum atomic E-state index is 13.4. The smallest absolute Gasteiger partial charge is 0.317 e. The van der Waals surface area contributed by atoms with Gasteiger partial charge in [0.05, 0.1) is 12.7 Å². The Bertz CT molecular complexity index is 704. The number of benzene rings is 1. The first-order chi connectivity index (χ1) is 14.9. The number of ether oxygens (including phenoxy) is 1. The number of hydrogen-bond donors (Lipinski definition) is 3. The normalized spacial score (nSPS) is 24.5. The molecule has 3 N–H and O–H groups in total. The second-order valence-corrected chi connectivity index (χ2v) is 9.22. The summed E-state index contributed by atoms with van der Waals surface area (Å²) in [7, 11) is 1.83. The van der Waals surface area contributed by atoms with E-state index in [0.717, 1.165) is 51.1 Å². The summed E-state index contributed by atoms with van der Waals surface area (Å²) in [6, 6.07) is 7.11. The van der Waals surface area contributed by atoms with Crippen LogP contribution in [0.4, 0.5) is 9.18 Å². The van der Waals surface area contributed by atoms with Gasteiger partial charge in [0.1, 0.15) is 5.82 Å². The number of hydrazine groups is 1. The van der Waals surface area contributed by atoms with Gasteiger partial charge in [-0.15, -0.1) is 0 Å². The Hall–Kier alpha value is -1.74. The van der Waals surface area contributed by atoms with Gasteiger partial charge in [0.25, 0.3) is 0 Å². The van der Waals surface area contributed by atoms with E-state index >= 15 is 0 Å². The minimum Gasteiger partial charge on any atom is -0.374 e. The van der Waals surface area contributed by atoms with Gasteiger partial charge >= 0.3 is 6.03 Å². The quantitative estimate of drug-likeness (QED) is 0.556. The molecule has 2 amide bonds. The minimum absolute atomic E-state index is 0.0540. The zero-order chi connectivity index (χ0) is 22.2. The van der Waals surface area contributed by atoms with E-state index in [4.69, 9.17) is 4.74 Å². The summed E-state index contributed by atoms with van der Waals surface area (Å²) < 4.78 is 19.2. The molecule has 2 fully saturated rings.